The van der Waals surface area contributed by atoms with E-state index in [4.69, 9.17) is 4.74 Å². The van der Waals surface area contributed by atoms with Gasteiger partial charge in [0.05, 0.1) is 0 Å². The topological polar surface area (TPSA) is 84.7 Å². The van der Waals surface area contributed by atoms with Gasteiger partial charge in [0, 0.05) is 38.0 Å². The largest absolute Gasteiger partial charge is 0.385 e. The van der Waals surface area contributed by atoms with Crippen LogP contribution < -0.4 is 5.32 Å². The highest BCUT2D eigenvalue weighted by Gasteiger charge is 2.20. The summed E-state index contributed by atoms with van der Waals surface area (Å²) in [6, 6.07) is 3.95. The maximum absolute atomic E-state index is 13.3. The minimum atomic E-state index is -0.868. The van der Waals surface area contributed by atoms with Crippen molar-refractivity contribution in [2.75, 3.05) is 32.1 Å². The number of rotatable bonds is 8. The summed E-state index contributed by atoms with van der Waals surface area (Å²) < 4.78 is 36.2. The van der Waals surface area contributed by atoms with E-state index in [9.17, 15) is 18.4 Å². The standard InChI is InChI=1S/C16H17F2N3O4/c1-24-5-2-4-21(10-15(22)19-14-3-6-25-20-14)16(23)11-7-12(17)9-13(18)8-11/h3,6-9H,2,4-5,10H2,1H3,(H,19,20,22). The van der Waals surface area contributed by atoms with E-state index in [1.54, 1.807) is 0 Å². The fourth-order valence-corrected chi connectivity index (χ4v) is 2.14. The van der Waals surface area contributed by atoms with Crippen molar-refractivity contribution in [3.05, 3.63) is 47.7 Å². The molecular weight excluding hydrogens is 336 g/mol. The van der Waals surface area contributed by atoms with Gasteiger partial charge in [-0.25, -0.2) is 8.78 Å². The Kier molecular flexibility index (Phi) is 6.58. The van der Waals surface area contributed by atoms with Gasteiger partial charge in [-0.05, 0) is 18.6 Å². The van der Waals surface area contributed by atoms with E-state index >= 15 is 0 Å². The lowest BCUT2D eigenvalue weighted by atomic mass is 10.1. The number of ether oxygens (including phenoxy) is 1. The number of aromatic nitrogens is 1. The summed E-state index contributed by atoms with van der Waals surface area (Å²) in [5.41, 5.74) is -0.177. The molecular formula is C16H17F2N3O4. The Morgan fingerprint density at radius 2 is 2.00 bits per heavy atom. The van der Waals surface area contributed by atoms with Crippen LogP contribution in [0.15, 0.2) is 35.1 Å². The SMILES string of the molecule is COCCCN(CC(=O)Nc1ccon1)C(=O)c1cc(F)cc(F)c1. The third-order valence-corrected chi connectivity index (χ3v) is 3.21. The second kappa shape index (κ2) is 8.88. The predicted molar refractivity (Wildman–Crippen MR) is 83.9 cm³/mol. The van der Waals surface area contributed by atoms with Gasteiger partial charge < -0.3 is 19.5 Å². The summed E-state index contributed by atoms with van der Waals surface area (Å²) in [6.07, 6.45) is 1.74. The number of hydrogen-bond acceptors (Lipinski definition) is 5. The average molecular weight is 353 g/mol. The number of nitrogens with one attached hydrogen (secondary N) is 1. The number of benzene rings is 1. The zero-order valence-corrected chi connectivity index (χ0v) is 13.5. The molecule has 0 bridgehead atoms. The summed E-state index contributed by atoms with van der Waals surface area (Å²) in [6.45, 7) is 0.233. The summed E-state index contributed by atoms with van der Waals surface area (Å²) >= 11 is 0. The van der Waals surface area contributed by atoms with Crippen LogP contribution in [0.25, 0.3) is 0 Å². The Bertz CT molecular complexity index is 702. The van der Waals surface area contributed by atoms with Gasteiger partial charge in [0.25, 0.3) is 5.91 Å². The zero-order valence-electron chi connectivity index (χ0n) is 13.5. The van der Waals surface area contributed by atoms with Crippen molar-refractivity contribution in [3.8, 4) is 0 Å². The zero-order chi connectivity index (χ0) is 18.2. The van der Waals surface area contributed by atoms with Crippen molar-refractivity contribution in [1.29, 1.82) is 0 Å². The molecule has 1 aromatic carbocycles. The second-order valence-corrected chi connectivity index (χ2v) is 5.16. The van der Waals surface area contributed by atoms with E-state index in [2.05, 4.69) is 15.0 Å². The molecule has 2 amide bonds. The molecule has 9 heteroatoms. The maximum Gasteiger partial charge on any atom is 0.254 e. The van der Waals surface area contributed by atoms with Crippen LogP contribution in [0.3, 0.4) is 0 Å². The first-order valence-electron chi connectivity index (χ1n) is 7.44. The van der Waals surface area contributed by atoms with Crippen LogP contribution in [-0.2, 0) is 9.53 Å². The first-order chi connectivity index (χ1) is 12.0. The van der Waals surface area contributed by atoms with Gasteiger partial charge in [0.15, 0.2) is 5.82 Å². The van der Waals surface area contributed by atoms with Crippen LogP contribution in [0.4, 0.5) is 14.6 Å². The maximum atomic E-state index is 13.3. The van der Waals surface area contributed by atoms with E-state index < -0.39 is 23.4 Å². The molecule has 0 atom stereocenters. The highest BCUT2D eigenvalue weighted by atomic mass is 19.1. The highest BCUT2D eigenvalue weighted by molar-refractivity contribution is 5.99. The van der Waals surface area contributed by atoms with E-state index in [1.807, 2.05) is 0 Å². The summed E-state index contributed by atoms with van der Waals surface area (Å²) in [5.74, 6) is -2.72. The summed E-state index contributed by atoms with van der Waals surface area (Å²) in [5, 5.41) is 5.99. The Morgan fingerprint density at radius 1 is 1.28 bits per heavy atom. The Morgan fingerprint density at radius 3 is 2.60 bits per heavy atom. The van der Waals surface area contributed by atoms with Crippen LogP contribution in [-0.4, -0.2) is 48.7 Å². The van der Waals surface area contributed by atoms with Crippen LogP contribution in [0.5, 0.6) is 0 Å². The van der Waals surface area contributed by atoms with E-state index in [-0.39, 0.29) is 24.5 Å². The highest BCUT2D eigenvalue weighted by Crippen LogP contribution is 2.12. The molecule has 2 rings (SSSR count). The fourth-order valence-electron chi connectivity index (χ4n) is 2.14. The first kappa shape index (κ1) is 18.5. The molecule has 1 heterocycles. The molecule has 0 aliphatic heterocycles. The Balaban J connectivity index is 2.10. The Labute approximate surface area is 142 Å². The van der Waals surface area contributed by atoms with Gasteiger partial charge in [-0.3, -0.25) is 9.59 Å². The molecule has 0 saturated carbocycles. The van der Waals surface area contributed by atoms with Gasteiger partial charge >= 0.3 is 0 Å². The van der Waals surface area contributed by atoms with E-state index in [1.165, 1.54) is 24.3 Å². The van der Waals surface area contributed by atoms with E-state index in [0.29, 0.717) is 19.1 Å². The number of amides is 2. The van der Waals surface area contributed by atoms with Gasteiger partial charge in [-0.2, -0.15) is 0 Å². The number of halogens is 2. The monoisotopic (exact) mass is 353 g/mol. The molecule has 0 fully saturated rings. The van der Waals surface area contributed by atoms with Crippen molar-refractivity contribution in [2.24, 2.45) is 0 Å². The van der Waals surface area contributed by atoms with Crippen molar-refractivity contribution in [3.63, 3.8) is 0 Å². The third kappa shape index (κ3) is 5.64. The number of methoxy groups -OCH3 is 1. The fraction of sp³-hybridized carbons (Fsp3) is 0.312. The number of hydrogen-bond donors (Lipinski definition) is 1. The third-order valence-electron chi connectivity index (χ3n) is 3.21. The number of carbonyl (C=O) groups excluding carboxylic acids is 2. The molecule has 0 aliphatic rings. The van der Waals surface area contributed by atoms with Gasteiger partial charge in [-0.1, -0.05) is 5.16 Å². The van der Waals surface area contributed by atoms with Crippen molar-refractivity contribution >= 4 is 17.6 Å². The molecule has 2 aromatic rings. The molecule has 0 unspecified atom stereocenters. The lowest BCUT2D eigenvalue weighted by Crippen LogP contribution is -2.39. The minimum Gasteiger partial charge on any atom is -0.385 e. The normalized spacial score (nSPS) is 10.5. The van der Waals surface area contributed by atoms with E-state index in [0.717, 1.165) is 12.1 Å². The smallest absolute Gasteiger partial charge is 0.254 e. The van der Waals surface area contributed by atoms with Crippen LogP contribution >= 0.6 is 0 Å². The minimum absolute atomic E-state index is 0.177. The van der Waals surface area contributed by atoms with Crippen molar-refractivity contribution < 1.29 is 27.6 Å². The number of carbonyl (C=O) groups is 2. The lowest BCUT2D eigenvalue weighted by molar-refractivity contribution is -0.117. The van der Waals surface area contributed by atoms with Crippen LogP contribution in [0.2, 0.25) is 0 Å². The Hall–Kier alpha value is -2.81. The summed E-state index contributed by atoms with van der Waals surface area (Å²) in [4.78, 5) is 25.8. The lowest BCUT2D eigenvalue weighted by Gasteiger charge is -2.22. The molecule has 0 radical (unpaired) electrons. The molecule has 0 saturated heterocycles. The number of nitrogens with zero attached hydrogens (tertiary/aromatic N) is 2. The van der Waals surface area contributed by atoms with Crippen molar-refractivity contribution in [2.45, 2.75) is 6.42 Å². The molecule has 134 valence electrons. The van der Waals surface area contributed by atoms with Gasteiger partial charge in [0.2, 0.25) is 5.91 Å². The molecule has 1 aromatic heterocycles. The molecule has 0 aliphatic carbocycles. The molecule has 0 spiro atoms. The van der Waals surface area contributed by atoms with Gasteiger partial charge in [0.1, 0.15) is 24.4 Å². The predicted octanol–water partition coefficient (Wildman–Crippen LogP) is 2.07. The summed E-state index contributed by atoms with van der Waals surface area (Å²) in [7, 11) is 1.51. The van der Waals surface area contributed by atoms with Crippen LogP contribution in [0, 0.1) is 11.6 Å². The second-order valence-electron chi connectivity index (χ2n) is 5.16. The molecule has 7 nitrogen and oxygen atoms in total. The van der Waals surface area contributed by atoms with Gasteiger partial charge in [-0.15, -0.1) is 0 Å². The number of anilines is 1. The quantitative estimate of drug-likeness (QED) is 0.735. The van der Waals surface area contributed by atoms with Crippen LogP contribution in [0.1, 0.15) is 16.8 Å². The molecule has 25 heavy (non-hydrogen) atoms. The molecule has 1 N–H and O–H groups in total. The van der Waals surface area contributed by atoms with Crippen molar-refractivity contribution in [1.82, 2.24) is 10.1 Å². The first-order valence-corrected chi connectivity index (χ1v) is 7.44. The average Bonchev–Trinajstić information content (AvgIpc) is 3.05.